The number of ether oxygens (including phenoxy) is 1. The van der Waals surface area contributed by atoms with Crippen molar-refractivity contribution in [2.45, 2.75) is 19.7 Å². The van der Waals surface area contributed by atoms with Gasteiger partial charge in [-0.25, -0.2) is 0 Å². The summed E-state index contributed by atoms with van der Waals surface area (Å²) in [7, 11) is 0. The van der Waals surface area contributed by atoms with E-state index in [9.17, 15) is 18.0 Å². The number of nitrogens with one attached hydrogen (secondary N) is 1. The van der Waals surface area contributed by atoms with Gasteiger partial charge in [0.2, 0.25) is 11.0 Å². The highest BCUT2D eigenvalue weighted by molar-refractivity contribution is 7.13. The lowest BCUT2D eigenvalue weighted by Gasteiger charge is -2.12. The third kappa shape index (κ3) is 4.99. The van der Waals surface area contributed by atoms with Crippen LogP contribution in [-0.4, -0.2) is 22.5 Å². The van der Waals surface area contributed by atoms with Crippen molar-refractivity contribution < 1.29 is 22.7 Å². The summed E-state index contributed by atoms with van der Waals surface area (Å²) < 4.78 is 39.9. The van der Waals surface area contributed by atoms with E-state index in [4.69, 9.17) is 0 Å². The van der Waals surface area contributed by atoms with Crippen LogP contribution in [0.25, 0.3) is 0 Å². The molecule has 0 radical (unpaired) electrons. The number of benzene rings is 1. The average Bonchev–Trinajstić information content (AvgIpc) is 2.92. The van der Waals surface area contributed by atoms with Crippen LogP contribution in [0, 0.1) is 5.92 Å². The molecule has 1 N–H and O–H groups in total. The monoisotopic (exact) mass is 331 g/mol. The Morgan fingerprint density at radius 1 is 1.36 bits per heavy atom. The lowest BCUT2D eigenvalue weighted by molar-refractivity contribution is -0.274. The molecule has 0 aliphatic carbocycles. The second-order valence-electron chi connectivity index (χ2n) is 4.53. The minimum Gasteiger partial charge on any atom is -0.406 e. The Morgan fingerprint density at radius 3 is 2.59 bits per heavy atom. The van der Waals surface area contributed by atoms with E-state index in [-0.39, 0.29) is 17.6 Å². The van der Waals surface area contributed by atoms with Crippen LogP contribution in [0.1, 0.15) is 12.5 Å². The van der Waals surface area contributed by atoms with Gasteiger partial charge in [0.15, 0.2) is 0 Å². The van der Waals surface area contributed by atoms with Crippen LogP contribution in [0.5, 0.6) is 5.75 Å². The van der Waals surface area contributed by atoms with Crippen molar-refractivity contribution in [1.29, 1.82) is 0 Å². The average molecular weight is 331 g/mol. The van der Waals surface area contributed by atoms with Crippen molar-refractivity contribution in [3.05, 3.63) is 35.3 Å². The number of hydrogen-bond acceptors (Lipinski definition) is 5. The lowest BCUT2D eigenvalue weighted by Crippen LogP contribution is -2.22. The molecule has 0 saturated carbocycles. The standard InChI is InChI=1S/C13H12F3N3O2S/c1-8(11(20)18-12-19-17-7-22-12)6-9-2-4-10(5-3-9)21-13(14,15)16/h2-5,7-8H,6H2,1H3,(H,18,19,20). The summed E-state index contributed by atoms with van der Waals surface area (Å²) in [6, 6.07) is 5.43. The van der Waals surface area contributed by atoms with Crippen molar-refractivity contribution in [3.63, 3.8) is 0 Å². The van der Waals surface area contributed by atoms with Gasteiger partial charge in [-0.05, 0) is 24.1 Å². The Labute approximate surface area is 128 Å². The molecule has 2 rings (SSSR count). The molecule has 1 heterocycles. The van der Waals surface area contributed by atoms with Crippen molar-refractivity contribution in [1.82, 2.24) is 10.2 Å². The third-order valence-corrected chi connectivity index (χ3v) is 3.34. The molecular weight excluding hydrogens is 319 g/mol. The van der Waals surface area contributed by atoms with Crippen molar-refractivity contribution in [3.8, 4) is 5.75 Å². The number of aromatic nitrogens is 2. The molecule has 9 heteroatoms. The second kappa shape index (κ2) is 6.73. The number of halogens is 3. The molecule has 1 aromatic heterocycles. The van der Waals surface area contributed by atoms with E-state index in [1.54, 1.807) is 6.92 Å². The molecule has 118 valence electrons. The predicted octanol–water partition coefficient (Wildman–Crippen LogP) is 3.25. The third-order valence-electron chi connectivity index (χ3n) is 2.74. The molecule has 1 aromatic carbocycles. The fourth-order valence-corrected chi connectivity index (χ4v) is 2.18. The van der Waals surface area contributed by atoms with Gasteiger partial charge in [0.25, 0.3) is 0 Å². The largest absolute Gasteiger partial charge is 0.573 e. The highest BCUT2D eigenvalue weighted by Crippen LogP contribution is 2.23. The van der Waals surface area contributed by atoms with E-state index < -0.39 is 6.36 Å². The summed E-state index contributed by atoms with van der Waals surface area (Å²) in [4.78, 5) is 11.9. The van der Waals surface area contributed by atoms with Gasteiger partial charge in [0, 0.05) is 5.92 Å². The number of anilines is 1. The van der Waals surface area contributed by atoms with E-state index in [1.807, 2.05) is 0 Å². The Morgan fingerprint density at radius 2 is 2.05 bits per heavy atom. The number of alkyl halides is 3. The van der Waals surface area contributed by atoms with E-state index in [2.05, 4.69) is 20.3 Å². The molecule has 0 spiro atoms. The number of carbonyl (C=O) groups is 1. The number of rotatable bonds is 5. The summed E-state index contributed by atoms with van der Waals surface area (Å²) in [5, 5.41) is 10.3. The maximum Gasteiger partial charge on any atom is 0.573 e. The first-order valence-corrected chi connectivity index (χ1v) is 7.13. The van der Waals surface area contributed by atoms with Crippen LogP contribution in [0.4, 0.5) is 18.3 Å². The van der Waals surface area contributed by atoms with Gasteiger partial charge < -0.3 is 10.1 Å². The minimum atomic E-state index is -4.71. The van der Waals surface area contributed by atoms with Gasteiger partial charge in [-0.3, -0.25) is 4.79 Å². The first kappa shape index (κ1) is 16.2. The van der Waals surface area contributed by atoms with E-state index in [0.29, 0.717) is 11.6 Å². The molecule has 0 fully saturated rings. The normalized spacial score (nSPS) is 12.7. The number of nitrogens with zero attached hydrogens (tertiary/aromatic N) is 2. The number of hydrogen-bond donors (Lipinski definition) is 1. The van der Waals surface area contributed by atoms with Crippen LogP contribution in [0.3, 0.4) is 0 Å². The zero-order valence-corrected chi connectivity index (χ0v) is 12.2. The first-order chi connectivity index (χ1) is 10.3. The second-order valence-corrected chi connectivity index (χ2v) is 5.36. The molecule has 1 amide bonds. The molecule has 1 unspecified atom stereocenters. The predicted molar refractivity (Wildman–Crippen MR) is 74.5 cm³/mol. The quantitative estimate of drug-likeness (QED) is 0.913. The van der Waals surface area contributed by atoms with Gasteiger partial charge >= 0.3 is 6.36 Å². The maximum atomic E-state index is 12.1. The lowest BCUT2D eigenvalue weighted by atomic mass is 10.0. The van der Waals surface area contributed by atoms with E-state index >= 15 is 0 Å². The van der Waals surface area contributed by atoms with Gasteiger partial charge in [0.1, 0.15) is 11.3 Å². The van der Waals surface area contributed by atoms with Crippen molar-refractivity contribution in [2.75, 3.05) is 5.32 Å². The smallest absolute Gasteiger partial charge is 0.406 e. The summed E-state index contributed by atoms with van der Waals surface area (Å²) in [6.45, 7) is 1.72. The van der Waals surface area contributed by atoms with Crippen molar-refractivity contribution >= 4 is 22.4 Å². The van der Waals surface area contributed by atoms with Crippen LogP contribution >= 0.6 is 11.3 Å². The number of carbonyl (C=O) groups excluding carboxylic acids is 1. The number of amides is 1. The van der Waals surface area contributed by atoms with Crippen molar-refractivity contribution in [2.24, 2.45) is 5.92 Å². The topological polar surface area (TPSA) is 64.1 Å². The molecule has 5 nitrogen and oxygen atoms in total. The van der Waals surface area contributed by atoms with Gasteiger partial charge in [-0.2, -0.15) is 0 Å². The summed E-state index contributed by atoms with van der Waals surface area (Å²) in [5.41, 5.74) is 2.23. The Bertz CT molecular complexity index is 614. The fourth-order valence-electron chi connectivity index (χ4n) is 1.73. The molecule has 0 aliphatic rings. The SMILES string of the molecule is CC(Cc1ccc(OC(F)(F)F)cc1)C(=O)Nc1nncs1. The molecule has 0 aliphatic heterocycles. The zero-order valence-electron chi connectivity index (χ0n) is 11.4. The van der Waals surface area contributed by atoms with Crippen LogP contribution in [0.2, 0.25) is 0 Å². The summed E-state index contributed by atoms with van der Waals surface area (Å²) >= 11 is 1.20. The van der Waals surface area contributed by atoms with Crippen LogP contribution < -0.4 is 10.1 Å². The fraction of sp³-hybridized carbons (Fsp3) is 0.308. The zero-order chi connectivity index (χ0) is 16.2. The Hall–Kier alpha value is -2.16. The first-order valence-electron chi connectivity index (χ1n) is 6.25. The molecule has 1 atom stereocenters. The molecule has 2 aromatic rings. The maximum absolute atomic E-state index is 12.1. The Kier molecular flexibility index (Phi) is 4.96. The van der Waals surface area contributed by atoms with Crippen LogP contribution in [-0.2, 0) is 11.2 Å². The van der Waals surface area contributed by atoms with E-state index in [1.165, 1.54) is 41.1 Å². The van der Waals surface area contributed by atoms with Gasteiger partial charge in [0.05, 0.1) is 0 Å². The van der Waals surface area contributed by atoms with Gasteiger partial charge in [-0.15, -0.1) is 23.4 Å². The van der Waals surface area contributed by atoms with E-state index in [0.717, 1.165) is 5.56 Å². The van der Waals surface area contributed by atoms with Gasteiger partial charge in [-0.1, -0.05) is 30.4 Å². The molecular formula is C13H12F3N3O2S. The molecule has 0 saturated heterocycles. The molecule has 22 heavy (non-hydrogen) atoms. The highest BCUT2D eigenvalue weighted by atomic mass is 32.1. The van der Waals surface area contributed by atoms with Crippen LogP contribution in [0.15, 0.2) is 29.8 Å². The minimum absolute atomic E-state index is 0.229. The Balaban J connectivity index is 1.91. The molecule has 0 bridgehead atoms. The summed E-state index contributed by atoms with van der Waals surface area (Å²) in [6.07, 6.45) is -4.33. The summed E-state index contributed by atoms with van der Waals surface area (Å²) in [5.74, 6) is -0.882. The highest BCUT2D eigenvalue weighted by Gasteiger charge is 2.31.